The highest BCUT2D eigenvalue weighted by Crippen LogP contribution is 2.24. The van der Waals surface area contributed by atoms with Gasteiger partial charge in [0.2, 0.25) is 0 Å². The number of methoxy groups -OCH3 is 1. The van der Waals surface area contributed by atoms with Gasteiger partial charge in [-0.05, 0) is 43.5 Å². The van der Waals surface area contributed by atoms with Gasteiger partial charge in [-0.3, -0.25) is 4.79 Å². The maximum absolute atomic E-state index is 12.8. The van der Waals surface area contributed by atoms with Gasteiger partial charge in [0.05, 0.1) is 7.11 Å². The quantitative estimate of drug-likeness (QED) is 0.760. The van der Waals surface area contributed by atoms with Crippen molar-refractivity contribution in [3.63, 3.8) is 0 Å². The van der Waals surface area contributed by atoms with Crippen molar-refractivity contribution in [2.24, 2.45) is 0 Å². The Balaban J connectivity index is 2.11. The predicted molar refractivity (Wildman–Crippen MR) is 100 cm³/mol. The first-order valence-electron chi connectivity index (χ1n) is 8.57. The second-order valence-electron chi connectivity index (χ2n) is 6.22. The minimum atomic E-state index is -0.500. The van der Waals surface area contributed by atoms with Gasteiger partial charge in [0, 0.05) is 19.2 Å². The molecule has 0 saturated carbocycles. The van der Waals surface area contributed by atoms with Crippen LogP contribution in [0.5, 0.6) is 11.5 Å². The fourth-order valence-electron chi connectivity index (χ4n) is 2.73. The third-order valence-corrected chi connectivity index (χ3v) is 4.45. The Labute approximate surface area is 150 Å². The summed E-state index contributed by atoms with van der Waals surface area (Å²) in [5, 5.41) is 0. The summed E-state index contributed by atoms with van der Waals surface area (Å²) in [5.74, 6) is 1.52. The summed E-state index contributed by atoms with van der Waals surface area (Å²) in [7, 11) is 3.43. The molecule has 0 aromatic heterocycles. The van der Waals surface area contributed by atoms with E-state index in [0.29, 0.717) is 13.0 Å². The summed E-state index contributed by atoms with van der Waals surface area (Å²) in [6, 6.07) is 13.6. The highest BCUT2D eigenvalue weighted by Gasteiger charge is 2.23. The molecule has 4 nitrogen and oxygen atoms in total. The zero-order chi connectivity index (χ0) is 18.4. The van der Waals surface area contributed by atoms with Crippen molar-refractivity contribution in [1.82, 2.24) is 4.90 Å². The van der Waals surface area contributed by atoms with E-state index in [1.54, 1.807) is 19.1 Å². The molecule has 134 valence electrons. The Morgan fingerprint density at radius 1 is 1.08 bits per heavy atom. The van der Waals surface area contributed by atoms with Gasteiger partial charge < -0.3 is 14.4 Å². The second-order valence-corrected chi connectivity index (χ2v) is 6.22. The van der Waals surface area contributed by atoms with E-state index in [2.05, 4.69) is 0 Å². The summed E-state index contributed by atoms with van der Waals surface area (Å²) in [5.41, 5.74) is 3.20. The standard InChI is InChI=1S/C21H27NO3/c1-6-18(25-19-13-9-10-15(2)16(19)3)21(23)22(4)14-17-11-7-8-12-20(17)24-5/h7-13,18H,6,14H2,1-5H3/t18-/m1/s1. The van der Waals surface area contributed by atoms with Gasteiger partial charge in [-0.2, -0.15) is 0 Å². The second kappa shape index (κ2) is 8.56. The molecule has 1 amide bonds. The number of benzene rings is 2. The number of nitrogens with zero attached hydrogens (tertiary/aromatic N) is 1. The number of hydrogen-bond donors (Lipinski definition) is 0. The van der Waals surface area contributed by atoms with Crippen molar-refractivity contribution in [3.8, 4) is 11.5 Å². The highest BCUT2D eigenvalue weighted by atomic mass is 16.5. The summed E-state index contributed by atoms with van der Waals surface area (Å²) in [4.78, 5) is 14.5. The third kappa shape index (κ3) is 4.53. The van der Waals surface area contributed by atoms with E-state index < -0.39 is 6.10 Å². The number of para-hydroxylation sites is 1. The number of amides is 1. The van der Waals surface area contributed by atoms with Crippen LogP contribution in [0.15, 0.2) is 42.5 Å². The van der Waals surface area contributed by atoms with Gasteiger partial charge >= 0.3 is 0 Å². The number of hydrogen-bond acceptors (Lipinski definition) is 3. The average Bonchev–Trinajstić information content (AvgIpc) is 2.62. The maximum atomic E-state index is 12.8. The van der Waals surface area contributed by atoms with E-state index >= 15 is 0 Å². The Morgan fingerprint density at radius 2 is 1.76 bits per heavy atom. The topological polar surface area (TPSA) is 38.8 Å². The molecule has 1 atom stereocenters. The maximum Gasteiger partial charge on any atom is 0.263 e. The first-order valence-corrected chi connectivity index (χ1v) is 8.57. The van der Waals surface area contributed by atoms with E-state index in [1.807, 2.05) is 63.2 Å². The Bertz CT molecular complexity index is 727. The molecule has 0 radical (unpaired) electrons. The summed E-state index contributed by atoms with van der Waals surface area (Å²) in [6.45, 7) is 6.50. The van der Waals surface area contributed by atoms with E-state index in [4.69, 9.17) is 9.47 Å². The van der Waals surface area contributed by atoms with E-state index in [1.165, 1.54) is 0 Å². The normalized spacial score (nSPS) is 11.7. The Hall–Kier alpha value is -2.49. The van der Waals surface area contributed by atoms with Gasteiger partial charge in [0.25, 0.3) is 5.91 Å². The number of carbonyl (C=O) groups excluding carboxylic acids is 1. The number of aryl methyl sites for hydroxylation is 1. The zero-order valence-corrected chi connectivity index (χ0v) is 15.7. The van der Waals surface area contributed by atoms with Crippen molar-refractivity contribution >= 4 is 5.91 Å². The molecule has 2 aromatic carbocycles. The van der Waals surface area contributed by atoms with Crippen molar-refractivity contribution in [2.45, 2.75) is 39.8 Å². The molecule has 2 aromatic rings. The lowest BCUT2D eigenvalue weighted by atomic mass is 10.1. The fourth-order valence-corrected chi connectivity index (χ4v) is 2.73. The zero-order valence-electron chi connectivity index (χ0n) is 15.7. The molecule has 0 spiro atoms. The number of likely N-dealkylation sites (N-methyl/N-ethyl adjacent to an activating group) is 1. The molecule has 25 heavy (non-hydrogen) atoms. The first-order chi connectivity index (χ1) is 12.0. The van der Waals surface area contributed by atoms with Gasteiger partial charge in [-0.1, -0.05) is 37.3 Å². The van der Waals surface area contributed by atoms with E-state index in [-0.39, 0.29) is 5.91 Å². The largest absolute Gasteiger partial charge is 0.496 e. The van der Waals surface area contributed by atoms with Crippen LogP contribution in [0.1, 0.15) is 30.0 Å². The smallest absolute Gasteiger partial charge is 0.263 e. The number of carbonyl (C=O) groups is 1. The molecule has 0 fully saturated rings. The number of rotatable bonds is 7. The van der Waals surface area contributed by atoms with Crippen LogP contribution in [0.2, 0.25) is 0 Å². The monoisotopic (exact) mass is 341 g/mol. The van der Waals surface area contributed by atoms with Crippen LogP contribution in [-0.2, 0) is 11.3 Å². The summed E-state index contributed by atoms with van der Waals surface area (Å²) >= 11 is 0. The summed E-state index contributed by atoms with van der Waals surface area (Å²) < 4.78 is 11.4. The molecule has 0 N–H and O–H groups in total. The lowest BCUT2D eigenvalue weighted by molar-refractivity contribution is -0.138. The van der Waals surface area contributed by atoms with Crippen molar-refractivity contribution < 1.29 is 14.3 Å². The molecule has 4 heteroatoms. The van der Waals surface area contributed by atoms with Crippen molar-refractivity contribution in [1.29, 1.82) is 0 Å². The summed E-state index contributed by atoms with van der Waals surface area (Å²) in [6.07, 6.45) is 0.114. The molecular formula is C21H27NO3. The van der Waals surface area contributed by atoms with Crippen molar-refractivity contribution in [2.75, 3.05) is 14.2 Å². The van der Waals surface area contributed by atoms with Crippen LogP contribution in [-0.4, -0.2) is 31.1 Å². The highest BCUT2D eigenvalue weighted by molar-refractivity contribution is 5.81. The third-order valence-electron chi connectivity index (χ3n) is 4.45. The minimum Gasteiger partial charge on any atom is -0.496 e. The fraction of sp³-hybridized carbons (Fsp3) is 0.381. The van der Waals surface area contributed by atoms with Crippen molar-refractivity contribution in [3.05, 3.63) is 59.2 Å². The van der Waals surface area contributed by atoms with E-state index in [0.717, 1.165) is 28.2 Å². The molecule has 0 aliphatic heterocycles. The van der Waals surface area contributed by atoms with Gasteiger partial charge in [-0.25, -0.2) is 0 Å². The van der Waals surface area contributed by atoms with Crippen LogP contribution in [0.25, 0.3) is 0 Å². The Kier molecular flexibility index (Phi) is 6.45. The van der Waals surface area contributed by atoms with Crippen LogP contribution in [0, 0.1) is 13.8 Å². The predicted octanol–water partition coefficient (Wildman–Crippen LogP) is 4.13. The van der Waals surface area contributed by atoms with E-state index in [9.17, 15) is 4.79 Å². The van der Waals surface area contributed by atoms with Gasteiger partial charge in [0.1, 0.15) is 11.5 Å². The van der Waals surface area contributed by atoms with Crippen LogP contribution in [0.4, 0.5) is 0 Å². The van der Waals surface area contributed by atoms with Crippen LogP contribution < -0.4 is 9.47 Å². The molecule has 2 rings (SSSR count). The molecule has 0 bridgehead atoms. The molecule has 0 aliphatic rings. The van der Waals surface area contributed by atoms with Crippen LogP contribution in [0.3, 0.4) is 0 Å². The van der Waals surface area contributed by atoms with Gasteiger partial charge in [0.15, 0.2) is 6.10 Å². The lowest BCUT2D eigenvalue weighted by Crippen LogP contribution is -2.39. The molecule has 0 unspecified atom stereocenters. The Morgan fingerprint density at radius 3 is 2.44 bits per heavy atom. The SMILES string of the molecule is CC[C@@H](Oc1cccc(C)c1C)C(=O)N(C)Cc1ccccc1OC. The molecule has 0 saturated heterocycles. The molecule has 0 aliphatic carbocycles. The first kappa shape index (κ1) is 18.8. The number of ether oxygens (including phenoxy) is 2. The van der Waals surface area contributed by atoms with Gasteiger partial charge in [-0.15, -0.1) is 0 Å². The minimum absolute atomic E-state index is 0.0330. The average molecular weight is 341 g/mol. The molecular weight excluding hydrogens is 314 g/mol. The van der Waals surface area contributed by atoms with Crippen LogP contribution >= 0.6 is 0 Å². The lowest BCUT2D eigenvalue weighted by Gasteiger charge is -2.25. The molecule has 0 heterocycles.